The van der Waals surface area contributed by atoms with E-state index in [0.29, 0.717) is 23.6 Å². The van der Waals surface area contributed by atoms with Crippen LogP contribution < -0.4 is 20.5 Å². The lowest BCUT2D eigenvalue weighted by Gasteiger charge is -2.18. The number of nitrogens with zero attached hydrogens (tertiary/aromatic N) is 1. The number of methoxy groups -OCH3 is 2. The first-order valence-electron chi connectivity index (χ1n) is 5.87. The van der Waals surface area contributed by atoms with E-state index in [0.717, 1.165) is 24.1 Å². The monoisotopic (exact) mass is 247 g/mol. The van der Waals surface area contributed by atoms with Gasteiger partial charge in [0.2, 0.25) is 0 Å². The summed E-state index contributed by atoms with van der Waals surface area (Å²) in [5.41, 5.74) is 8.58. The molecule has 1 aromatic rings. The molecule has 1 heterocycles. The zero-order chi connectivity index (χ0) is 13.1. The quantitative estimate of drug-likeness (QED) is 0.805. The second-order valence-corrected chi connectivity index (χ2v) is 4.23. The summed E-state index contributed by atoms with van der Waals surface area (Å²) < 4.78 is 10.6. The first-order chi connectivity index (χ1) is 8.72. The van der Waals surface area contributed by atoms with Gasteiger partial charge in [-0.3, -0.25) is 0 Å². The van der Waals surface area contributed by atoms with Crippen molar-refractivity contribution in [2.75, 3.05) is 27.3 Å². The highest BCUT2D eigenvalue weighted by Crippen LogP contribution is 2.38. The summed E-state index contributed by atoms with van der Waals surface area (Å²) in [4.78, 5) is 0. The van der Waals surface area contributed by atoms with Gasteiger partial charge in [-0.1, -0.05) is 0 Å². The van der Waals surface area contributed by atoms with Crippen molar-refractivity contribution in [1.29, 1.82) is 5.26 Å². The standard InChI is InChI=1S/C13H17N3O2/c1-17-12-5-9-8(3-4-16-7-11(9)15)10(6-14)13(12)18-2/h5,11,16H,3-4,7,15H2,1-2H3. The van der Waals surface area contributed by atoms with Gasteiger partial charge < -0.3 is 20.5 Å². The maximum absolute atomic E-state index is 9.36. The van der Waals surface area contributed by atoms with Crippen molar-refractivity contribution < 1.29 is 9.47 Å². The second-order valence-electron chi connectivity index (χ2n) is 4.23. The molecule has 96 valence electrons. The lowest BCUT2D eigenvalue weighted by molar-refractivity contribution is 0.353. The molecule has 0 aliphatic carbocycles. The third-order valence-electron chi connectivity index (χ3n) is 3.24. The van der Waals surface area contributed by atoms with Gasteiger partial charge in [-0.05, 0) is 30.2 Å². The molecule has 1 aromatic carbocycles. The molecule has 0 spiro atoms. The van der Waals surface area contributed by atoms with Crippen molar-refractivity contribution in [3.8, 4) is 17.6 Å². The van der Waals surface area contributed by atoms with Crippen LogP contribution in [-0.2, 0) is 6.42 Å². The van der Waals surface area contributed by atoms with E-state index in [1.54, 1.807) is 14.2 Å². The molecule has 1 unspecified atom stereocenters. The number of benzene rings is 1. The molecular formula is C13H17N3O2. The average molecular weight is 247 g/mol. The number of rotatable bonds is 2. The Bertz CT molecular complexity index is 494. The Balaban J connectivity index is 2.69. The van der Waals surface area contributed by atoms with Crippen LogP contribution >= 0.6 is 0 Å². The number of nitriles is 1. The van der Waals surface area contributed by atoms with Gasteiger partial charge in [-0.15, -0.1) is 0 Å². The fourth-order valence-electron chi connectivity index (χ4n) is 2.35. The molecule has 0 aromatic heterocycles. The van der Waals surface area contributed by atoms with Crippen LogP contribution in [0.2, 0.25) is 0 Å². The van der Waals surface area contributed by atoms with Crippen molar-refractivity contribution in [1.82, 2.24) is 5.32 Å². The highest BCUT2D eigenvalue weighted by atomic mass is 16.5. The summed E-state index contributed by atoms with van der Waals surface area (Å²) in [7, 11) is 3.10. The van der Waals surface area contributed by atoms with Gasteiger partial charge >= 0.3 is 0 Å². The topological polar surface area (TPSA) is 80.3 Å². The first-order valence-corrected chi connectivity index (χ1v) is 5.87. The fourth-order valence-corrected chi connectivity index (χ4v) is 2.35. The SMILES string of the molecule is COc1cc2c(c(C#N)c1OC)CCNCC2N. The van der Waals surface area contributed by atoms with E-state index in [4.69, 9.17) is 15.2 Å². The van der Waals surface area contributed by atoms with E-state index in [2.05, 4.69) is 11.4 Å². The van der Waals surface area contributed by atoms with Crippen LogP contribution in [-0.4, -0.2) is 27.3 Å². The van der Waals surface area contributed by atoms with Crippen LogP contribution in [0.4, 0.5) is 0 Å². The molecule has 0 fully saturated rings. The Morgan fingerprint density at radius 1 is 1.44 bits per heavy atom. The third kappa shape index (κ3) is 2.01. The van der Waals surface area contributed by atoms with Gasteiger partial charge in [0.05, 0.1) is 14.2 Å². The van der Waals surface area contributed by atoms with Gasteiger partial charge in [-0.25, -0.2) is 0 Å². The van der Waals surface area contributed by atoms with Gasteiger partial charge in [0.15, 0.2) is 11.5 Å². The summed E-state index contributed by atoms with van der Waals surface area (Å²) in [6, 6.07) is 3.96. The number of nitrogens with two attached hydrogens (primary N) is 1. The van der Waals surface area contributed by atoms with Gasteiger partial charge in [-0.2, -0.15) is 5.26 Å². The molecular weight excluding hydrogens is 230 g/mol. The van der Waals surface area contributed by atoms with E-state index in [9.17, 15) is 5.26 Å². The van der Waals surface area contributed by atoms with E-state index in [-0.39, 0.29) is 6.04 Å². The molecule has 5 heteroatoms. The normalized spacial score (nSPS) is 18.4. The highest BCUT2D eigenvalue weighted by Gasteiger charge is 2.24. The maximum Gasteiger partial charge on any atom is 0.178 e. The largest absolute Gasteiger partial charge is 0.493 e. The molecule has 1 aliphatic heterocycles. The van der Waals surface area contributed by atoms with Crippen molar-refractivity contribution in [3.63, 3.8) is 0 Å². The zero-order valence-electron chi connectivity index (χ0n) is 10.6. The summed E-state index contributed by atoms with van der Waals surface area (Å²) in [5, 5.41) is 12.6. The lowest BCUT2D eigenvalue weighted by Crippen LogP contribution is -2.25. The number of nitrogens with one attached hydrogen (secondary N) is 1. The zero-order valence-corrected chi connectivity index (χ0v) is 10.6. The molecule has 3 N–H and O–H groups in total. The summed E-state index contributed by atoms with van der Waals surface area (Å²) in [6.07, 6.45) is 0.770. The molecule has 1 atom stereocenters. The summed E-state index contributed by atoms with van der Waals surface area (Å²) in [6.45, 7) is 1.51. The minimum Gasteiger partial charge on any atom is -0.493 e. The van der Waals surface area contributed by atoms with Crippen LogP contribution in [0.15, 0.2) is 6.07 Å². The van der Waals surface area contributed by atoms with Crippen molar-refractivity contribution in [3.05, 3.63) is 22.8 Å². The van der Waals surface area contributed by atoms with Gasteiger partial charge in [0.25, 0.3) is 0 Å². The number of fused-ring (bicyclic) bond motifs is 1. The molecule has 0 saturated heterocycles. The number of ether oxygens (including phenoxy) is 2. The van der Waals surface area contributed by atoms with Crippen LogP contribution in [0, 0.1) is 11.3 Å². The Morgan fingerprint density at radius 3 is 2.83 bits per heavy atom. The number of hydrogen-bond donors (Lipinski definition) is 2. The molecule has 18 heavy (non-hydrogen) atoms. The van der Waals surface area contributed by atoms with Crippen LogP contribution in [0.25, 0.3) is 0 Å². The Hall–Kier alpha value is -1.77. The summed E-state index contributed by atoms with van der Waals surface area (Å²) in [5.74, 6) is 1.05. The molecule has 0 bridgehead atoms. The van der Waals surface area contributed by atoms with Crippen molar-refractivity contribution in [2.45, 2.75) is 12.5 Å². The van der Waals surface area contributed by atoms with E-state index in [1.807, 2.05) is 6.07 Å². The molecule has 0 saturated carbocycles. The highest BCUT2D eigenvalue weighted by molar-refractivity contribution is 5.60. The molecule has 2 rings (SSSR count). The third-order valence-corrected chi connectivity index (χ3v) is 3.24. The molecule has 1 aliphatic rings. The lowest BCUT2D eigenvalue weighted by atomic mass is 9.94. The first kappa shape index (κ1) is 12.7. The van der Waals surface area contributed by atoms with Crippen LogP contribution in [0.3, 0.4) is 0 Å². The fraction of sp³-hybridized carbons (Fsp3) is 0.462. The Labute approximate surface area is 106 Å². The van der Waals surface area contributed by atoms with E-state index >= 15 is 0 Å². The molecule has 0 amide bonds. The molecule has 0 radical (unpaired) electrons. The van der Waals surface area contributed by atoms with Gasteiger partial charge in [0.1, 0.15) is 11.6 Å². The molecule has 5 nitrogen and oxygen atoms in total. The van der Waals surface area contributed by atoms with Crippen LogP contribution in [0.5, 0.6) is 11.5 Å². The second kappa shape index (κ2) is 5.25. The van der Waals surface area contributed by atoms with E-state index < -0.39 is 0 Å². The Kier molecular flexibility index (Phi) is 3.70. The van der Waals surface area contributed by atoms with E-state index in [1.165, 1.54) is 0 Å². The van der Waals surface area contributed by atoms with Gasteiger partial charge in [0, 0.05) is 12.6 Å². The Morgan fingerprint density at radius 2 is 2.22 bits per heavy atom. The average Bonchev–Trinajstić information content (AvgIpc) is 2.58. The minimum atomic E-state index is -0.130. The maximum atomic E-state index is 9.36. The predicted octanol–water partition coefficient (Wildman–Crippen LogP) is 0.721. The minimum absolute atomic E-state index is 0.130. The summed E-state index contributed by atoms with van der Waals surface area (Å²) >= 11 is 0. The predicted molar refractivity (Wildman–Crippen MR) is 67.8 cm³/mol. The smallest absolute Gasteiger partial charge is 0.178 e. The van der Waals surface area contributed by atoms with Crippen LogP contribution in [0.1, 0.15) is 22.7 Å². The number of hydrogen-bond acceptors (Lipinski definition) is 5. The van der Waals surface area contributed by atoms with Crippen molar-refractivity contribution in [2.24, 2.45) is 5.73 Å². The van der Waals surface area contributed by atoms with Crippen molar-refractivity contribution >= 4 is 0 Å².